The molecular formula is C12H14N4O2S. The second-order valence-corrected chi connectivity index (χ2v) is 5.74. The van der Waals surface area contributed by atoms with E-state index in [9.17, 15) is 8.42 Å². The smallest absolute Gasteiger partial charge is 0.244 e. The number of benzene rings is 1. The number of nitrogens with one attached hydrogen (secondary N) is 1. The van der Waals surface area contributed by atoms with Crippen molar-refractivity contribution >= 4 is 16.0 Å². The van der Waals surface area contributed by atoms with E-state index >= 15 is 0 Å². The predicted molar refractivity (Wildman–Crippen MR) is 71.6 cm³/mol. The zero-order valence-corrected chi connectivity index (χ0v) is 11.1. The third-order valence-electron chi connectivity index (χ3n) is 2.59. The SMILES string of the molecule is CC(NS(=O)(=O)c1cnc(N)nc1)c1ccccc1. The molecule has 3 N–H and O–H groups in total. The fourth-order valence-electron chi connectivity index (χ4n) is 1.58. The van der Waals surface area contributed by atoms with Crippen LogP contribution in [0.2, 0.25) is 0 Å². The first-order valence-corrected chi connectivity index (χ1v) is 7.12. The van der Waals surface area contributed by atoms with Gasteiger partial charge in [-0.1, -0.05) is 30.3 Å². The Balaban J connectivity index is 2.20. The van der Waals surface area contributed by atoms with Gasteiger partial charge in [0.15, 0.2) is 0 Å². The molecular weight excluding hydrogens is 264 g/mol. The van der Waals surface area contributed by atoms with Gasteiger partial charge in [-0.2, -0.15) is 0 Å². The van der Waals surface area contributed by atoms with Gasteiger partial charge in [0.2, 0.25) is 16.0 Å². The van der Waals surface area contributed by atoms with E-state index < -0.39 is 10.0 Å². The summed E-state index contributed by atoms with van der Waals surface area (Å²) in [4.78, 5) is 7.34. The Bertz CT molecular complexity index is 641. The van der Waals surface area contributed by atoms with Crippen LogP contribution < -0.4 is 10.5 Å². The summed E-state index contributed by atoms with van der Waals surface area (Å²) < 4.78 is 26.8. The molecule has 0 radical (unpaired) electrons. The summed E-state index contributed by atoms with van der Waals surface area (Å²) in [6.45, 7) is 1.77. The average Bonchev–Trinajstić information content (AvgIpc) is 2.40. The molecule has 0 saturated carbocycles. The van der Waals surface area contributed by atoms with Gasteiger partial charge in [-0.05, 0) is 12.5 Å². The van der Waals surface area contributed by atoms with Gasteiger partial charge in [-0.3, -0.25) is 0 Å². The van der Waals surface area contributed by atoms with Crippen molar-refractivity contribution in [3.05, 3.63) is 48.3 Å². The zero-order chi connectivity index (χ0) is 13.9. The molecule has 0 bridgehead atoms. The molecule has 19 heavy (non-hydrogen) atoms. The summed E-state index contributed by atoms with van der Waals surface area (Å²) in [5.74, 6) is 0.0371. The quantitative estimate of drug-likeness (QED) is 0.872. The van der Waals surface area contributed by atoms with Crippen LogP contribution in [0.25, 0.3) is 0 Å². The van der Waals surface area contributed by atoms with E-state index in [1.54, 1.807) is 6.92 Å². The molecule has 0 spiro atoms. The van der Waals surface area contributed by atoms with E-state index in [1.165, 1.54) is 12.4 Å². The molecule has 0 aliphatic rings. The first kappa shape index (κ1) is 13.4. The Labute approximate surface area is 111 Å². The summed E-state index contributed by atoms with van der Waals surface area (Å²) in [7, 11) is -3.65. The highest BCUT2D eigenvalue weighted by atomic mass is 32.2. The van der Waals surface area contributed by atoms with Gasteiger partial charge < -0.3 is 5.73 Å². The second kappa shape index (κ2) is 5.33. The van der Waals surface area contributed by atoms with Crippen molar-refractivity contribution < 1.29 is 8.42 Å². The van der Waals surface area contributed by atoms with E-state index in [-0.39, 0.29) is 16.9 Å². The summed E-state index contributed by atoms with van der Waals surface area (Å²) in [5, 5.41) is 0. The van der Waals surface area contributed by atoms with Gasteiger partial charge in [0.25, 0.3) is 0 Å². The molecule has 1 unspecified atom stereocenters. The van der Waals surface area contributed by atoms with E-state index in [4.69, 9.17) is 5.73 Å². The van der Waals surface area contributed by atoms with E-state index in [0.717, 1.165) is 5.56 Å². The fraction of sp³-hybridized carbons (Fsp3) is 0.167. The number of nitrogens with zero attached hydrogens (tertiary/aromatic N) is 2. The van der Waals surface area contributed by atoms with Crippen molar-refractivity contribution in [2.24, 2.45) is 0 Å². The Morgan fingerprint density at radius 1 is 1.16 bits per heavy atom. The molecule has 0 fully saturated rings. The molecule has 0 aliphatic carbocycles. The lowest BCUT2D eigenvalue weighted by atomic mass is 10.1. The van der Waals surface area contributed by atoms with Crippen LogP contribution in [0.3, 0.4) is 0 Å². The van der Waals surface area contributed by atoms with Crippen LogP contribution in [0, 0.1) is 0 Å². The summed E-state index contributed by atoms with van der Waals surface area (Å²) in [6.07, 6.45) is 2.37. The number of aromatic nitrogens is 2. The first-order chi connectivity index (χ1) is 8.99. The average molecular weight is 278 g/mol. The van der Waals surface area contributed by atoms with Gasteiger partial charge in [0.05, 0.1) is 12.4 Å². The third-order valence-corrected chi connectivity index (χ3v) is 4.09. The summed E-state index contributed by atoms with van der Waals surface area (Å²) >= 11 is 0. The monoisotopic (exact) mass is 278 g/mol. The van der Waals surface area contributed by atoms with Gasteiger partial charge in [0, 0.05) is 6.04 Å². The minimum Gasteiger partial charge on any atom is -0.368 e. The highest BCUT2D eigenvalue weighted by Gasteiger charge is 2.18. The van der Waals surface area contributed by atoms with Crippen LogP contribution >= 0.6 is 0 Å². The predicted octanol–water partition coefficient (Wildman–Crippen LogP) is 1.10. The molecule has 1 heterocycles. The van der Waals surface area contributed by atoms with Crippen LogP contribution in [0.1, 0.15) is 18.5 Å². The molecule has 6 nitrogen and oxygen atoms in total. The van der Waals surface area contributed by atoms with Crippen molar-refractivity contribution in [2.45, 2.75) is 17.9 Å². The van der Waals surface area contributed by atoms with Crippen molar-refractivity contribution in [3.8, 4) is 0 Å². The lowest BCUT2D eigenvalue weighted by Gasteiger charge is -2.14. The van der Waals surface area contributed by atoms with Crippen LogP contribution in [-0.4, -0.2) is 18.4 Å². The van der Waals surface area contributed by atoms with Crippen molar-refractivity contribution in [2.75, 3.05) is 5.73 Å². The Hall–Kier alpha value is -1.99. The molecule has 2 aromatic rings. The largest absolute Gasteiger partial charge is 0.368 e. The van der Waals surface area contributed by atoms with Crippen molar-refractivity contribution in [1.29, 1.82) is 0 Å². The van der Waals surface area contributed by atoms with Crippen LogP contribution in [0.4, 0.5) is 5.95 Å². The minimum atomic E-state index is -3.65. The molecule has 7 heteroatoms. The molecule has 1 aromatic carbocycles. The normalized spacial score (nSPS) is 13.1. The summed E-state index contributed by atoms with van der Waals surface area (Å²) in [5.41, 5.74) is 6.20. The maximum absolute atomic E-state index is 12.1. The number of nitrogen functional groups attached to an aromatic ring is 1. The summed E-state index contributed by atoms with van der Waals surface area (Å²) in [6, 6.07) is 8.94. The maximum Gasteiger partial charge on any atom is 0.244 e. The maximum atomic E-state index is 12.1. The highest BCUT2D eigenvalue weighted by Crippen LogP contribution is 2.15. The van der Waals surface area contributed by atoms with E-state index in [2.05, 4.69) is 14.7 Å². The molecule has 100 valence electrons. The van der Waals surface area contributed by atoms with Gasteiger partial charge in [-0.25, -0.2) is 23.1 Å². The number of hydrogen-bond acceptors (Lipinski definition) is 5. The highest BCUT2D eigenvalue weighted by molar-refractivity contribution is 7.89. The lowest BCUT2D eigenvalue weighted by molar-refractivity contribution is 0.566. The van der Waals surface area contributed by atoms with E-state index in [1.807, 2.05) is 30.3 Å². The number of nitrogens with two attached hydrogens (primary N) is 1. The van der Waals surface area contributed by atoms with Gasteiger partial charge in [0.1, 0.15) is 4.90 Å². The minimum absolute atomic E-state index is 0.00974. The molecule has 0 aliphatic heterocycles. The van der Waals surface area contributed by atoms with E-state index in [0.29, 0.717) is 0 Å². The molecule has 1 atom stereocenters. The van der Waals surface area contributed by atoms with Gasteiger partial charge in [-0.15, -0.1) is 0 Å². The third kappa shape index (κ3) is 3.27. The number of rotatable bonds is 4. The number of sulfonamides is 1. The Morgan fingerprint density at radius 3 is 2.32 bits per heavy atom. The Kier molecular flexibility index (Phi) is 3.77. The van der Waals surface area contributed by atoms with Crippen molar-refractivity contribution in [1.82, 2.24) is 14.7 Å². The van der Waals surface area contributed by atoms with Crippen molar-refractivity contribution in [3.63, 3.8) is 0 Å². The molecule has 0 saturated heterocycles. The molecule has 1 aromatic heterocycles. The number of anilines is 1. The fourth-order valence-corrected chi connectivity index (χ4v) is 2.70. The Morgan fingerprint density at radius 2 is 1.74 bits per heavy atom. The van der Waals surface area contributed by atoms with Crippen LogP contribution in [0.15, 0.2) is 47.6 Å². The first-order valence-electron chi connectivity index (χ1n) is 5.64. The lowest BCUT2D eigenvalue weighted by Crippen LogP contribution is -2.27. The molecule has 0 amide bonds. The molecule has 2 rings (SSSR count). The zero-order valence-electron chi connectivity index (χ0n) is 10.3. The van der Waals surface area contributed by atoms with Crippen LogP contribution in [0.5, 0.6) is 0 Å². The van der Waals surface area contributed by atoms with Crippen LogP contribution in [-0.2, 0) is 10.0 Å². The van der Waals surface area contributed by atoms with Gasteiger partial charge >= 0.3 is 0 Å². The standard InChI is InChI=1S/C12H14N4O2S/c1-9(10-5-3-2-4-6-10)16-19(17,18)11-7-14-12(13)15-8-11/h2-9,16H,1H3,(H2,13,14,15). The second-order valence-electron chi connectivity index (χ2n) is 4.03. The number of hydrogen-bond donors (Lipinski definition) is 2. The topological polar surface area (TPSA) is 98.0 Å².